The van der Waals surface area contributed by atoms with Crippen LogP contribution in [0.2, 0.25) is 0 Å². The standard InChI is InChI=1S/C24H24F4O/c1-3-5-16-6-8-17(9-7-16)18-10-12-19(13-11-18)24(27,28)29-20-14-22(25)21(4-2)23(26)15-20/h2,10-17H,3,5-9H2,1H3. The van der Waals surface area contributed by atoms with Gasteiger partial charge >= 0.3 is 6.11 Å². The van der Waals surface area contributed by atoms with Crippen molar-refractivity contribution in [3.63, 3.8) is 0 Å². The summed E-state index contributed by atoms with van der Waals surface area (Å²) < 4.78 is 61.0. The second kappa shape index (κ2) is 8.90. The van der Waals surface area contributed by atoms with E-state index in [1.54, 1.807) is 12.1 Å². The fourth-order valence-electron chi connectivity index (χ4n) is 4.10. The third-order valence-corrected chi connectivity index (χ3v) is 5.67. The molecule has 1 aliphatic carbocycles. The summed E-state index contributed by atoms with van der Waals surface area (Å²) in [7, 11) is 0. The molecule has 3 rings (SSSR count). The minimum atomic E-state index is -3.73. The lowest BCUT2D eigenvalue weighted by atomic mass is 9.77. The van der Waals surface area contributed by atoms with Gasteiger partial charge in [0, 0.05) is 12.1 Å². The molecule has 0 radical (unpaired) electrons. The molecule has 0 N–H and O–H groups in total. The van der Waals surface area contributed by atoms with Gasteiger partial charge in [0.1, 0.15) is 17.4 Å². The van der Waals surface area contributed by atoms with Crippen molar-refractivity contribution in [1.82, 2.24) is 0 Å². The molecule has 0 bridgehead atoms. The van der Waals surface area contributed by atoms with Crippen LogP contribution in [-0.2, 0) is 6.11 Å². The Balaban J connectivity index is 1.70. The maximum absolute atomic E-state index is 14.5. The quantitative estimate of drug-likeness (QED) is 0.367. The number of terminal acetylenes is 1. The normalized spacial score (nSPS) is 19.6. The van der Waals surface area contributed by atoms with Gasteiger partial charge in [-0.25, -0.2) is 8.78 Å². The monoisotopic (exact) mass is 404 g/mol. The van der Waals surface area contributed by atoms with Gasteiger partial charge in [0.05, 0.1) is 11.1 Å². The van der Waals surface area contributed by atoms with Gasteiger partial charge in [-0.1, -0.05) is 37.8 Å². The minimum Gasteiger partial charge on any atom is -0.429 e. The van der Waals surface area contributed by atoms with Crippen molar-refractivity contribution >= 4 is 0 Å². The van der Waals surface area contributed by atoms with Crippen LogP contribution in [0.4, 0.5) is 17.6 Å². The molecule has 0 saturated heterocycles. The Hall–Kier alpha value is -2.48. The average Bonchev–Trinajstić information content (AvgIpc) is 2.68. The molecule has 2 aromatic rings. The number of hydrogen-bond donors (Lipinski definition) is 0. The number of hydrogen-bond acceptors (Lipinski definition) is 1. The highest BCUT2D eigenvalue weighted by atomic mass is 19.3. The third-order valence-electron chi connectivity index (χ3n) is 5.67. The van der Waals surface area contributed by atoms with E-state index >= 15 is 0 Å². The Morgan fingerprint density at radius 2 is 1.62 bits per heavy atom. The Kier molecular flexibility index (Phi) is 6.52. The Labute approximate surface area is 169 Å². The molecule has 2 aromatic carbocycles. The van der Waals surface area contributed by atoms with E-state index in [1.807, 2.05) is 5.92 Å². The van der Waals surface area contributed by atoms with Gasteiger partial charge in [-0.2, -0.15) is 8.78 Å². The summed E-state index contributed by atoms with van der Waals surface area (Å²) >= 11 is 0. The highest BCUT2D eigenvalue weighted by Gasteiger charge is 2.35. The molecule has 0 amide bonds. The molecule has 0 heterocycles. The molecule has 0 atom stereocenters. The Morgan fingerprint density at radius 1 is 1.03 bits per heavy atom. The lowest BCUT2D eigenvalue weighted by molar-refractivity contribution is -0.185. The summed E-state index contributed by atoms with van der Waals surface area (Å²) in [4.78, 5) is 0. The number of halogens is 4. The first-order valence-corrected chi connectivity index (χ1v) is 9.97. The lowest BCUT2D eigenvalue weighted by Gasteiger charge is -2.29. The fourth-order valence-corrected chi connectivity index (χ4v) is 4.10. The Bertz CT molecular complexity index is 852. The van der Waals surface area contributed by atoms with Crippen LogP contribution in [-0.4, -0.2) is 0 Å². The molecule has 5 heteroatoms. The molecule has 1 aliphatic rings. The first-order chi connectivity index (χ1) is 13.8. The summed E-state index contributed by atoms with van der Waals surface area (Å²) in [5, 5.41) is 0. The van der Waals surface area contributed by atoms with E-state index in [0.29, 0.717) is 18.1 Å². The molecular weight excluding hydrogens is 380 g/mol. The van der Waals surface area contributed by atoms with Crippen LogP contribution in [0, 0.1) is 29.9 Å². The molecule has 154 valence electrons. The largest absolute Gasteiger partial charge is 0.429 e. The summed E-state index contributed by atoms with van der Waals surface area (Å²) in [5.74, 6) is 0.134. The van der Waals surface area contributed by atoms with Crippen molar-refractivity contribution in [2.75, 3.05) is 0 Å². The molecule has 1 nitrogen and oxygen atoms in total. The first-order valence-electron chi connectivity index (χ1n) is 9.97. The average molecular weight is 404 g/mol. The van der Waals surface area contributed by atoms with Crippen molar-refractivity contribution < 1.29 is 22.3 Å². The van der Waals surface area contributed by atoms with E-state index in [0.717, 1.165) is 24.3 Å². The van der Waals surface area contributed by atoms with E-state index in [1.165, 1.54) is 37.8 Å². The van der Waals surface area contributed by atoms with E-state index in [2.05, 4.69) is 11.7 Å². The highest BCUT2D eigenvalue weighted by Crippen LogP contribution is 2.39. The summed E-state index contributed by atoms with van der Waals surface area (Å²) in [6.07, 6.45) is 8.19. The van der Waals surface area contributed by atoms with Gasteiger partial charge in [-0.15, -0.1) is 6.42 Å². The molecule has 0 spiro atoms. The summed E-state index contributed by atoms with van der Waals surface area (Å²) in [5.41, 5.74) is 0.0522. The molecule has 29 heavy (non-hydrogen) atoms. The molecule has 1 fully saturated rings. The summed E-state index contributed by atoms with van der Waals surface area (Å²) in [6, 6.07) is 7.34. The van der Waals surface area contributed by atoms with Gasteiger partial charge < -0.3 is 4.74 Å². The van der Waals surface area contributed by atoms with Crippen LogP contribution < -0.4 is 4.74 Å². The zero-order chi connectivity index (χ0) is 21.0. The van der Waals surface area contributed by atoms with E-state index in [9.17, 15) is 17.6 Å². The van der Waals surface area contributed by atoms with E-state index in [-0.39, 0.29) is 5.56 Å². The van der Waals surface area contributed by atoms with Crippen molar-refractivity contribution in [2.45, 2.75) is 57.5 Å². The van der Waals surface area contributed by atoms with Crippen molar-refractivity contribution in [2.24, 2.45) is 5.92 Å². The zero-order valence-corrected chi connectivity index (χ0v) is 16.4. The van der Waals surface area contributed by atoms with Crippen LogP contribution in [0.5, 0.6) is 5.75 Å². The minimum absolute atomic E-state index is 0.372. The van der Waals surface area contributed by atoms with Crippen molar-refractivity contribution in [1.29, 1.82) is 0 Å². The van der Waals surface area contributed by atoms with Crippen LogP contribution in [0.1, 0.15) is 68.1 Å². The van der Waals surface area contributed by atoms with E-state index < -0.39 is 29.1 Å². The number of alkyl halides is 2. The second-order valence-corrected chi connectivity index (χ2v) is 7.65. The van der Waals surface area contributed by atoms with Gasteiger partial charge in [0.25, 0.3) is 0 Å². The van der Waals surface area contributed by atoms with Crippen LogP contribution >= 0.6 is 0 Å². The van der Waals surface area contributed by atoms with Crippen molar-refractivity contribution in [3.05, 3.63) is 64.7 Å². The predicted octanol–water partition coefficient (Wildman–Crippen LogP) is 7.15. The molecule has 0 aliphatic heterocycles. The number of rotatable bonds is 6. The first kappa shape index (κ1) is 21.2. The van der Waals surface area contributed by atoms with Gasteiger partial charge in [-0.3, -0.25) is 0 Å². The van der Waals surface area contributed by atoms with Crippen LogP contribution in [0.25, 0.3) is 0 Å². The lowest BCUT2D eigenvalue weighted by Crippen LogP contribution is -2.22. The third kappa shape index (κ3) is 4.93. The smallest absolute Gasteiger partial charge is 0.426 e. The number of benzene rings is 2. The topological polar surface area (TPSA) is 9.23 Å². The maximum atomic E-state index is 14.5. The SMILES string of the molecule is C#Cc1c(F)cc(OC(F)(F)c2ccc(C3CCC(CCC)CC3)cc2)cc1F. The van der Waals surface area contributed by atoms with Gasteiger partial charge in [0.2, 0.25) is 0 Å². The molecule has 1 saturated carbocycles. The van der Waals surface area contributed by atoms with Gasteiger partial charge in [0.15, 0.2) is 0 Å². The van der Waals surface area contributed by atoms with E-state index in [4.69, 9.17) is 6.42 Å². The predicted molar refractivity (Wildman–Crippen MR) is 105 cm³/mol. The maximum Gasteiger partial charge on any atom is 0.426 e. The fraction of sp³-hybridized carbons (Fsp3) is 0.417. The zero-order valence-electron chi connectivity index (χ0n) is 16.4. The van der Waals surface area contributed by atoms with Crippen molar-refractivity contribution in [3.8, 4) is 18.1 Å². The highest BCUT2D eigenvalue weighted by molar-refractivity contribution is 5.40. The van der Waals surface area contributed by atoms with Crippen LogP contribution in [0.15, 0.2) is 36.4 Å². The Morgan fingerprint density at radius 3 is 2.14 bits per heavy atom. The molecule has 0 unspecified atom stereocenters. The van der Waals surface area contributed by atoms with Crippen LogP contribution in [0.3, 0.4) is 0 Å². The number of ether oxygens (including phenoxy) is 1. The second-order valence-electron chi connectivity index (χ2n) is 7.65. The molecular formula is C24H24F4O. The summed E-state index contributed by atoms with van der Waals surface area (Å²) in [6.45, 7) is 2.19. The van der Waals surface area contributed by atoms with Gasteiger partial charge in [-0.05, 0) is 55.2 Å². The molecule has 0 aromatic heterocycles.